The van der Waals surface area contributed by atoms with E-state index in [1.54, 1.807) is 0 Å². The molecule has 2 aromatic carbocycles. The van der Waals surface area contributed by atoms with Crippen LogP contribution in [0.15, 0.2) is 36.4 Å². The van der Waals surface area contributed by atoms with Gasteiger partial charge in [0.1, 0.15) is 0 Å². The van der Waals surface area contributed by atoms with E-state index < -0.39 is 0 Å². The van der Waals surface area contributed by atoms with E-state index >= 15 is 0 Å². The molecule has 0 N–H and O–H groups in total. The third-order valence-corrected chi connectivity index (χ3v) is 6.75. The quantitative estimate of drug-likeness (QED) is 0.780. The van der Waals surface area contributed by atoms with Crippen molar-refractivity contribution in [2.45, 2.75) is 51.0 Å². The molecule has 3 aliphatic rings. The monoisotopic (exact) mass is 349 g/mol. The Kier molecular flexibility index (Phi) is 3.75. The van der Waals surface area contributed by atoms with E-state index in [0.29, 0.717) is 12.7 Å². The second-order valence-electron chi connectivity index (χ2n) is 8.25. The Labute approximate surface area is 155 Å². The van der Waals surface area contributed by atoms with Gasteiger partial charge in [0, 0.05) is 17.6 Å². The standard InChI is InChI=1S/C23H27NO2/c1-16-13-20-22(26-15-25-20)19-9-6-11-23(2,21(16)19)24-12-10-18(14-24)17-7-4-3-5-8-17/h3-5,7-8,13,18H,6,9-12,14-15H2,1-2H3. The van der Waals surface area contributed by atoms with Crippen LogP contribution < -0.4 is 9.47 Å². The minimum Gasteiger partial charge on any atom is -0.454 e. The van der Waals surface area contributed by atoms with Crippen molar-refractivity contribution in [2.24, 2.45) is 0 Å². The average molecular weight is 349 g/mol. The van der Waals surface area contributed by atoms with Crippen molar-refractivity contribution >= 4 is 0 Å². The van der Waals surface area contributed by atoms with E-state index in [1.807, 2.05) is 0 Å². The number of aryl methyl sites for hydroxylation is 1. The highest BCUT2D eigenvalue weighted by Crippen LogP contribution is 2.51. The summed E-state index contributed by atoms with van der Waals surface area (Å²) in [7, 11) is 0. The first-order valence-electron chi connectivity index (χ1n) is 9.89. The second-order valence-corrected chi connectivity index (χ2v) is 8.25. The molecule has 2 aliphatic heterocycles. The van der Waals surface area contributed by atoms with Crippen molar-refractivity contribution in [3.05, 3.63) is 58.7 Å². The summed E-state index contributed by atoms with van der Waals surface area (Å²) in [6.45, 7) is 7.38. The lowest BCUT2D eigenvalue weighted by Crippen LogP contribution is -2.45. The summed E-state index contributed by atoms with van der Waals surface area (Å²) in [5.41, 5.74) is 5.84. The Morgan fingerprint density at radius 2 is 2.00 bits per heavy atom. The van der Waals surface area contributed by atoms with Gasteiger partial charge in [-0.25, -0.2) is 0 Å². The molecule has 1 saturated heterocycles. The number of rotatable bonds is 2. The van der Waals surface area contributed by atoms with Crippen molar-refractivity contribution in [3.8, 4) is 11.5 Å². The molecule has 0 spiro atoms. The van der Waals surface area contributed by atoms with E-state index in [1.165, 1.54) is 48.1 Å². The minimum atomic E-state index is 0.0994. The topological polar surface area (TPSA) is 21.7 Å². The lowest BCUT2D eigenvalue weighted by Gasteiger charge is -2.44. The molecular formula is C23H27NO2. The average Bonchev–Trinajstić information content (AvgIpc) is 3.32. The predicted molar refractivity (Wildman–Crippen MR) is 103 cm³/mol. The number of nitrogens with zero attached hydrogens (tertiary/aromatic N) is 1. The molecule has 3 nitrogen and oxygen atoms in total. The molecule has 2 unspecified atom stereocenters. The van der Waals surface area contributed by atoms with Crippen LogP contribution in [0.4, 0.5) is 0 Å². The predicted octanol–water partition coefficient (Wildman–Crippen LogP) is 4.76. The molecule has 0 amide bonds. The maximum absolute atomic E-state index is 5.86. The highest BCUT2D eigenvalue weighted by molar-refractivity contribution is 5.58. The van der Waals surface area contributed by atoms with Gasteiger partial charge in [0.15, 0.2) is 11.5 Å². The van der Waals surface area contributed by atoms with E-state index in [-0.39, 0.29) is 5.54 Å². The zero-order valence-electron chi connectivity index (χ0n) is 15.8. The Bertz CT molecular complexity index is 832. The third-order valence-electron chi connectivity index (χ3n) is 6.75. The van der Waals surface area contributed by atoms with E-state index in [4.69, 9.17) is 9.47 Å². The van der Waals surface area contributed by atoms with Crippen molar-refractivity contribution in [3.63, 3.8) is 0 Å². The molecule has 2 heterocycles. The van der Waals surface area contributed by atoms with Crippen LogP contribution in [0.1, 0.15) is 54.4 Å². The first-order chi connectivity index (χ1) is 12.7. The molecule has 0 saturated carbocycles. The summed E-state index contributed by atoms with van der Waals surface area (Å²) < 4.78 is 11.5. The van der Waals surface area contributed by atoms with Crippen LogP contribution in [0.3, 0.4) is 0 Å². The van der Waals surface area contributed by atoms with E-state index in [9.17, 15) is 0 Å². The van der Waals surface area contributed by atoms with Gasteiger partial charge < -0.3 is 9.47 Å². The van der Waals surface area contributed by atoms with Crippen LogP contribution in [0.5, 0.6) is 11.5 Å². The largest absolute Gasteiger partial charge is 0.454 e. The SMILES string of the molecule is Cc1cc2c(c3c1C(C)(N1CCC(c4ccccc4)C1)CCC3)OCO2. The number of hydrogen-bond donors (Lipinski definition) is 0. The Morgan fingerprint density at radius 3 is 2.85 bits per heavy atom. The second kappa shape index (κ2) is 6.02. The Morgan fingerprint density at radius 1 is 1.15 bits per heavy atom. The fourth-order valence-corrected chi connectivity index (χ4v) is 5.50. The maximum Gasteiger partial charge on any atom is 0.231 e. The fraction of sp³-hybridized carbons (Fsp3) is 0.478. The number of likely N-dealkylation sites (tertiary alicyclic amines) is 1. The van der Waals surface area contributed by atoms with Crippen LogP contribution in [0.25, 0.3) is 0 Å². The zero-order valence-corrected chi connectivity index (χ0v) is 15.8. The van der Waals surface area contributed by atoms with Gasteiger partial charge >= 0.3 is 0 Å². The normalized spacial score (nSPS) is 27.5. The van der Waals surface area contributed by atoms with Crippen LogP contribution in [0, 0.1) is 6.92 Å². The molecule has 0 radical (unpaired) electrons. The number of ether oxygens (including phenoxy) is 2. The molecule has 26 heavy (non-hydrogen) atoms. The van der Waals surface area contributed by atoms with Crippen LogP contribution in [0.2, 0.25) is 0 Å². The third kappa shape index (κ3) is 2.37. The number of hydrogen-bond acceptors (Lipinski definition) is 3. The zero-order chi connectivity index (χ0) is 17.7. The number of benzene rings is 2. The van der Waals surface area contributed by atoms with Crippen molar-refractivity contribution in [2.75, 3.05) is 19.9 Å². The summed E-state index contributed by atoms with van der Waals surface area (Å²) in [5, 5.41) is 0. The van der Waals surface area contributed by atoms with E-state index in [2.05, 4.69) is 55.1 Å². The summed E-state index contributed by atoms with van der Waals surface area (Å²) in [6, 6.07) is 13.2. The van der Waals surface area contributed by atoms with Gasteiger partial charge in [0.25, 0.3) is 0 Å². The molecule has 136 valence electrons. The summed E-state index contributed by atoms with van der Waals surface area (Å²) in [5.74, 6) is 2.59. The van der Waals surface area contributed by atoms with Gasteiger partial charge in [-0.15, -0.1) is 0 Å². The van der Waals surface area contributed by atoms with Gasteiger partial charge in [-0.05, 0) is 74.8 Å². The lowest BCUT2D eigenvalue weighted by atomic mass is 9.74. The van der Waals surface area contributed by atoms with Gasteiger partial charge in [-0.1, -0.05) is 30.3 Å². The van der Waals surface area contributed by atoms with Gasteiger partial charge in [-0.2, -0.15) is 0 Å². The van der Waals surface area contributed by atoms with Gasteiger partial charge in [-0.3, -0.25) is 4.90 Å². The van der Waals surface area contributed by atoms with Gasteiger partial charge in [0.2, 0.25) is 6.79 Å². The first-order valence-corrected chi connectivity index (χ1v) is 9.89. The van der Waals surface area contributed by atoms with Crippen LogP contribution in [-0.4, -0.2) is 24.8 Å². The molecule has 1 fully saturated rings. The molecular weight excluding hydrogens is 322 g/mol. The molecule has 3 heteroatoms. The molecule has 2 aromatic rings. The van der Waals surface area contributed by atoms with E-state index in [0.717, 1.165) is 24.5 Å². The minimum absolute atomic E-state index is 0.0994. The Balaban J connectivity index is 1.51. The molecule has 2 atom stereocenters. The summed E-state index contributed by atoms with van der Waals surface area (Å²) in [6.07, 6.45) is 4.80. The van der Waals surface area contributed by atoms with Crippen LogP contribution >= 0.6 is 0 Å². The lowest BCUT2D eigenvalue weighted by molar-refractivity contribution is 0.110. The van der Waals surface area contributed by atoms with Crippen LogP contribution in [-0.2, 0) is 12.0 Å². The first kappa shape index (κ1) is 16.2. The van der Waals surface area contributed by atoms with Crippen molar-refractivity contribution in [1.29, 1.82) is 0 Å². The molecule has 0 aromatic heterocycles. The maximum atomic E-state index is 5.86. The highest BCUT2D eigenvalue weighted by Gasteiger charge is 2.43. The molecule has 0 bridgehead atoms. The van der Waals surface area contributed by atoms with Gasteiger partial charge in [0.05, 0.1) is 0 Å². The highest BCUT2D eigenvalue weighted by atomic mass is 16.7. The Hall–Kier alpha value is -2.00. The van der Waals surface area contributed by atoms with Crippen molar-refractivity contribution in [1.82, 2.24) is 4.90 Å². The smallest absolute Gasteiger partial charge is 0.231 e. The summed E-state index contributed by atoms with van der Waals surface area (Å²) in [4.78, 5) is 2.73. The summed E-state index contributed by atoms with van der Waals surface area (Å²) >= 11 is 0. The van der Waals surface area contributed by atoms with Crippen molar-refractivity contribution < 1.29 is 9.47 Å². The molecule has 5 rings (SSSR count). The molecule has 1 aliphatic carbocycles. The fourth-order valence-electron chi connectivity index (χ4n) is 5.50. The number of fused-ring (bicyclic) bond motifs is 3.